The molecule has 0 aromatic heterocycles. The Morgan fingerprint density at radius 2 is 2.24 bits per heavy atom. The third-order valence-corrected chi connectivity index (χ3v) is 3.76. The Hall–Kier alpha value is -0.710. The summed E-state index contributed by atoms with van der Waals surface area (Å²) in [6, 6.07) is 0. The van der Waals surface area contributed by atoms with Gasteiger partial charge in [-0.1, -0.05) is 6.08 Å². The summed E-state index contributed by atoms with van der Waals surface area (Å²) in [6.45, 7) is 3.04. The number of piperidine rings is 1. The molecule has 0 spiro atoms. The van der Waals surface area contributed by atoms with Gasteiger partial charge in [-0.05, 0) is 45.3 Å². The number of likely N-dealkylation sites (tertiary alicyclic amines) is 1. The lowest BCUT2D eigenvalue weighted by atomic mass is 9.95. The maximum atomic E-state index is 10.1. The van der Waals surface area contributed by atoms with Gasteiger partial charge < -0.3 is 10.0 Å². The summed E-state index contributed by atoms with van der Waals surface area (Å²) in [5.74, 6) is 0.890. The minimum absolute atomic E-state index is 0.351. The minimum atomic E-state index is -0.351. The van der Waals surface area contributed by atoms with E-state index in [1.807, 2.05) is 12.4 Å². The van der Waals surface area contributed by atoms with Crippen molar-refractivity contribution < 1.29 is 5.11 Å². The molecule has 0 saturated carbocycles. The first kappa shape index (κ1) is 12.7. The number of nitrogens with one attached hydrogen (secondary N) is 1. The predicted molar refractivity (Wildman–Crippen MR) is 70.0 cm³/mol. The highest BCUT2D eigenvalue weighted by atomic mass is 16.3. The summed E-state index contributed by atoms with van der Waals surface area (Å²) in [5.41, 5.74) is 0. The van der Waals surface area contributed by atoms with E-state index in [0.717, 1.165) is 38.9 Å². The molecule has 96 valence electrons. The van der Waals surface area contributed by atoms with E-state index >= 15 is 0 Å². The lowest BCUT2D eigenvalue weighted by Gasteiger charge is -2.32. The van der Waals surface area contributed by atoms with Crippen molar-refractivity contribution in [2.75, 3.05) is 26.7 Å². The van der Waals surface area contributed by atoms with Gasteiger partial charge in [-0.25, -0.2) is 0 Å². The third kappa shape index (κ3) is 3.91. The first-order valence-electron chi connectivity index (χ1n) is 6.54. The van der Waals surface area contributed by atoms with Gasteiger partial charge in [0.2, 0.25) is 0 Å². The van der Waals surface area contributed by atoms with Gasteiger partial charge in [0.25, 0.3) is 0 Å². The number of hydrogen-bond acceptors (Lipinski definition) is 4. The topological polar surface area (TPSA) is 47.9 Å². The van der Waals surface area contributed by atoms with Crippen LogP contribution in [0.15, 0.2) is 17.3 Å². The van der Waals surface area contributed by atoms with E-state index < -0.39 is 0 Å². The Bertz CT molecular complexity index is 282. The number of nitrogens with zero attached hydrogens (tertiary/aromatic N) is 2. The fraction of sp³-hybridized carbons (Fsp3) is 0.769. The monoisotopic (exact) mass is 237 g/mol. The standard InChI is InChI=1S/C13H23N3O/c1-16-8-4-12(5-9-16)13(17)15-10-11-2-6-14-7-3-11/h2,6-7,11-13,15,17H,3-5,8-10H2,1H3. The molecule has 0 radical (unpaired) electrons. The maximum absolute atomic E-state index is 10.1. The SMILES string of the molecule is CN1CCC(C(O)NCC2C=CN=CC2)CC1. The number of aliphatic hydroxyl groups excluding tert-OH is 1. The van der Waals surface area contributed by atoms with E-state index in [1.54, 1.807) is 0 Å². The smallest absolute Gasteiger partial charge is 0.107 e. The molecule has 1 saturated heterocycles. The summed E-state index contributed by atoms with van der Waals surface area (Å²) in [7, 11) is 2.14. The number of hydrogen-bond donors (Lipinski definition) is 2. The molecule has 4 nitrogen and oxygen atoms in total. The van der Waals surface area contributed by atoms with Crippen molar-refractivity contribution in [3.05, 3.63) is 12.3 Å². The van der Waals surface area contributed by atoms with E-state index in [2.05, 4.69) is 28.3 Å². The van der Waals surface area contributed by atoms with Crippen molar-refractivity contribution in [3.63, 3.8) is 0 Å². The zero-order valence-electron chi connectivity index (χ0n) is 10.5. The Morgan fingerprint density at radius 3 is 2.88 bits per heavy atom. The van der Waals surface area contributed by atoms with Gasteiger partial charge in [0.05, 0.1) is 0 Å². The molecule has 0 aliphatic carbocycles. The van der Waals surface area contributed by atoms with Gasteiger partial charge in [-0.15, -0.1) is 0 Å². The van der Waals surface area contributed by atoms with Gasteiger partial charge in [-0.2, -0.15) is 0 Å². The molecule has 2 N–H and O–H groups in total. The van der Waals surface area contributed by atoms with Crippen molar-refractivity contribution in [2.45, 2.75) is 25.5 Å². The molecule has 1 fully saturated rings. The van der Waals surface area contributed by atoms with Crippen LogP contribution in [-0.4, -0.2) is 49.1 Å². The molecule has 2 rings (SSSR count). The van der Waals surface area contributed by atoms with Gasteiger partial charge in [0.15, 0.2) is 0 Å². The van der Waals surface area contributed by atoms with Crippen LogP contribution in [0, 0.1) is 11.8 Å². The van der Waals surface area contributed by atoms with E-state index in [1.165, 1.54) is 0 Å². The van der Waals surface area contributed by atoms with Crippen molar-refractivity contribution in [2.24, 2.45) is 16.8 Å². The highest BCUT2D eigenvalue weighted by molar-refractivity contribution is 5.60. The minimum Gasteiger partial charge on any atom is -0.378 e. The van der Waals surface area contributed by atoms with Crippen LogP contribution in [0.5, 0.6) is 0 Å². The van der Waals surface area contributed by atoms with Crippen LogP contribution in [0.25, 0.3) is 0 Å². The van der Waals surface area contributed by atoms with Gasteiger partial charge in [-0.3, -0.25) is 10.3 Å². The Balaban J connectivity index is 1.68. The average Bonchev–Trinajstić information content (AvgIpc) is 2.38. The zero-order valence-corrected chi connectivity index (χ0v) is 10.5. The number of aliphatic hydroxyl groups is 1. The predicted octanol–water partition coefficient (Wildman–Crippen LogP) is 0.841. The van der Waals surface area contributed by atoms with Crippen LogP contribution in [0.4, 0.5) is 0 Å². The lowest BCUT2D eigenvalue weighted by Crippen LogP contribution is -2.43. The molecular weight excluding hydrogens is 214 g/mol. The summed E-state index contributed by atoms with van der Waals surface area (Å²) in [6.07, 6.45) is 8.69. The number of rotatable bonds is 4. The van der Waals surface area contributed by atoms with Crippen molar-refractivity contribution in [1.82, 2.24) is 10.2 Å². The molecule has 4 heteroatoms. The van der Waals surface area contributed by atoms with Gasteiger partial charge in [0, 0.05) is 24.9 Å². The summed E-state index contributed by atoms with van der Waals surface area (Å²) >= 11 is 0. The first-order chi connectivity index (χ1) is 8.25. The molecule has 0 amide bonds. The van der Waals surface area contributed by atoms with Gasteiger partial charge in [0.1, 0.15) is 6.23 Å². The lowest BCUT2D eigenvalue weighted by molar-refractivity contribution is 0.0392. The van der Waals surface area contributed by atoms with Crippen molar-refractivity contribution >= 4 is 6.21 Å². The quantitative estimate of drug-likeness (QED) is 0.712. The van der Waals surface area contributed by atoms with Crippen LogP contribution in [0.3, 0.4) is 0 Å². The fourth-order valence-corrected chi connectivity index (χ4v) is 2.44. The average molecular weight is 237 g/mol. The summed E-state index contributed by atoms with van der Waals surface area (Å²) in [4.78, 5) is 6.37. The molecular formula is C13H23N3O. The second-order valence-electron chi connectivity index (χ2n) is 5.16. The third-order valence-electron chi connectivity index (χ3n) is 3.76. The molecule has 2 heterocycles. The Labute approximate surface area is 103 Å². The summed E-state index contributed by atoms with van der Waals surface area (Å²) < 4.78 is 0. The normalized spacial score (nSPS) is 28.5. The van der Waals surface area contributed by atoms with Crippen LogP contribution in [0.1, 0.15) is 19.3 Å². The van der Waals surface area contributed by atoms with Crippen LogP contribution in [0.2, 0.25) is 0 Å². The molecule has 2 unspecified atom stereocenters. The molecule has 0 bridgehead atoms. The maximum Gasteiger partial charge on any atom is 0.107 e. The molecule has 2 aliphatic rings. The van der Waals surface area contributed by atoms with Crippen molar-refractivity contribution in [3.8, 4) is 0 Å². The van der Waals surface area contributed by atoms with Crippen LogP contribution >= 0.6 is 0 Å². The highest BCUT2D eigenvalue weighted by Crippen LogP contribution is 2.19. The molecule has 2 aliphatic heterocycles. The Morgan fingerprint density at radius 1 is 1.47 bits per heavy atom. The second-order valence-corrected chi connectivity index (χ2v) is 5.16. The van der Waals surface area contributed by atoms with Gasteiger partial charge >= 0.3 is 0 Å². The molecule has 0 aromatic rings. The number of aliphatic imine (C=N–C) groups is 1. The molecule has 17 heavy (non-hydrogen) atoms. The fourth-order valence-electron chi connectivity index (χ4n) is 2.44. The molecule has 0 aromatic carbocycles. The van der Waals surface area contributed by atoms with Crippen molar-refractivity contribution in [1.29, 1.82) is 0 Å². The second kappa shape index (κ2) is 6.28. The van der Waals surface area contributed by atoms with E-state index in [9.17, 15) is 5.11 Å². The zero-order chi connectivity index (χ0) is 12.1. The van der Waals surface area contributed by atoms with E-state index in [4.69, 9.17) is 0 Å². The van der Waals surface area contributed by atoms with Crippen LogP contribution in [-0.2, 0) is 0 Å². The summed E-state index contributed by atoms with van der Waals surface area (Å²) in [5, 5.41) is 13.4. The Kier molecular flexibility index (Phi) is 4.71. The van der Waals surface area contributed by atoms with E-state index in [-0.39, 0.29) is 6.23 Å². The molecule has 2 atom stereocenters. The van der Waals surface area contributed by atoms with E-state index in [0.29, 0.717) is 11.8 Å². The highest BCUT2D eigenvalue weighted by Gasteiger charge is 2.23. The van der Waals surface area contributed by atoms with Crippen LogP contribution < -0.4 is 5.32 Å². The largest absolute Gasteiger partial charge is 0.378 e. The first-order valence-corrected chi connectivity index (χ1v) is 6.54.